The van der Waals surface area contributed by atoms with Crippen LogP contribution in [0.4, 0.5) is 4.79 Å². The molecule has 0 radical (unpaired) electrons. The zero-order valence-corrected chi connectivity index (χ0v) is 12.3. The lowest BCUT2D eigenvalue weighted by atomic mass is 10.1. The zero-order chi connectivity index (χ0) is 14.8. The van der Waals surface area contributed by atoms with Crippen molar-refractivity contribution >= 4 is 6.09 Å². The Morgan fingerprint density at radius 3 is 2.95 bits per heavy atom. The van der Waals surface area contributed by atoms with Gasteiger partial charge in [-0.15, -0.1) is 0 Å². The Morgan fingerprint density at radius 2 is 2.30 bits per heavy atom. The van der Waals surface area contributed by atoms with Crippen molar-refractivity contribution in [2.24, 2.45) is 5.73 Å². The number of hydrogen-bond acceptors (Lipinski definition) is 5. The minimum absolute atomic E-state index is 0.232. The van der Waals surface area contributed by atoms with E-state index in [9.17, 15) is 4.79 Å². The van der Waals surface area contributed by atoms with Gasteiger partial charge in [-0.3, -0.25) is 0 Å². The molecule has 1 aliphatic rings. The Bertz CT molecular complexity index is 484. The second kappa shape index (κ2) is 5.75. The van der Waals surface area contributed by atoms with E-state index in [2.05, 4.69) is 9.97 Å². The SMILES string of the molecule is CC(C)(C)OC(=O)N1CCC(c2ccnc(CN)n2)C1. The number of nitrogens with zero attached hydrogens (tertiary/aromatic N) is 3. The molecule has 0 aromatic carbocycles. The van der Waals surface area contributed by atoms with Crippen molar-refractivity contribution in [3.8, 4) is 0 Å². The number of rotatable bonds is 2. The van der Waals surface area contributed by atoms with Crippen LogP contribution in [0.5, 0.6) is 0 Å². The highest BCUT2D eigenvalue weighted by molar-refractivity contribution is 5.68. The molecule has 0 spiro atoms. The number of carbonyl (C=O) groups excluding carboxylic acids is 1. The van der Waals surface area contributed by atoms with Crippen molar-refractivity contribution in [3.05, 3.63) is 23.8 Å². The summed E-state index contributed by atoms with van der Waals surface area (Å²) in [5.41, 5.74) is 6.04. The Kier molecular flexibility index (Phi) is 4.23. The molecule has 1 unspecified atom stereocenters. The molecule has 1 fully saturated rings. The third-order valence-electron chi connectivity index (χ3n) is 3.17. The van der Waals surface area contributed by atoms with E-state index in [0.717, 1.165) is 12.1 Å². The monoisotopic (exact) mass is 278 g/mol. The third kappa shape index (κ3) is 3.66. The molecule has 1 amide bonds. The first-order valence-electron chi connectivity index (χ1n) is 6.89. The number of nitrogens with two attached hydrogens (primary N) is 1. The minimum atomic E-state index is -0.462. The molecule has 6 heteroatoms. The summed E-state index contributed by atoms with van der Waals surface area (Å²) in [6.07, 6.45) is 2.36. The summed E-state index contributed by atoms with van der Waals surface area (Å²) >= 11 is 0. The predicted molar refractivity (Wildman–Crippen MR) is 75.1 cm³/mol. The first kappa shape index (κ1) is 14.7. The maximum Gasteiger partial charge on any atom is 0.410 e. The highest BCUT2D eigenvalue weighted by Crippen LogP contribution is 2.26. The van der Waals surface area contributed by atoms with Gasteiger partial charge in [0.05, 0.1) is 6.54 Å². The fourth-order valence-electron chi connectivity index (χ4n) is 2.23. The van der Waals surface area contributed by atoms with Gasteiger partial charge in [0, 0.05) is 30.9 Å². The summed E-state index contributed by atoms with van der Waals surface area (Å²) in [4.78, 5) is 22.3. The average Bonchev–Trinajstić information content (AvgIpc) is 2.86. The molecule has 0 saturated carbocycles. The van der Waals surface area contributed by atoms with Crippen LogP contribution in [-0.2, 0) is 11.3 Å². The van der Waals surface area contributed by atoms with E-state index in [4.69, 9.17) is 10.5 Å². The highest BCUT2D eigenvalue weighted by atomic mass is 16.6. The molecule has 2 rings (SSSR count). The van der Waals surface area contributed by atoms with Crippen LogP contribution in [0.25, 0.3) is 0 Å². The molecular formula is C14H22N4O2. The number of hydrogen-bond donors (Lipinski definition) is 1. The smallest absolute Gasteiger partial charge is 0.410 e. The number of amides is 1. The number of likely N-dealkylation sites (tertiary alicyclic amines) is 1. The molecule has 1 aromatic heterocycles. The van der Waals surface area contributed by atoms with E-state index in [1.165, 1.54) is 0 Å². The van der Waals surface area contributed by atoms with Gasteiger partial charge in [0.1, 0.15) is 11.4 Å². The quantitative estimate of drug-likeness (QED) is 0.889. The van der Waals surface area contributed by atoms with Crippen LogP contribution in [0.2, 0.25) is 0 Å². The summed E-state index contributed by atoms with van der Waals surface area (Å²) in [6.45, 7) is 7.27. The van der Waals surface area contributed by atoms with Crippen molar-refractivity contribution in [2.75, 3.05) is 13.1 Å². The van der Waals surface area contributed by atoms with Crippen molar-refractivity contribution < 1.29 is 9.53 Å². The molecule has 1 saturated heterocycles. The van der Waals surface area contributed by atoms with Crippen molar-refractivity contribution in [1.29, 1.82) is 0 Å². The molecule has 2 N–H and O–H groups in total. The van der Waals surface area contributed by atoms with Crippen LogP contribution in [0.3, 0.4) is 0 Å². The van der Waals surface area contributed by atoms with Gasteiger partial charge in [0.25, 0.3) is 0 Å². The lowest BCUT2D eigenvalue weighted by Gasteiger charge is -2.24. The second-order valence-electron chi connectivity index (χ2n) is 6.01. The largest absolute Gasteiger partial charge is 0.444 e. The first-order chi connectivity index (χ1) is 9.39. The molecule has 110 valence electrons. The van der Waals surface area contributed by atoms with Gasteiger partial charge < -0.3 is 15.4 Å². The average molecular weight is 278 g/mol. The topological polar surface area (TPSA) is 81.3 Å². The normalized spacial score (nSPS) is 19.2. The second-order valence-corrected chi connectivity index (χ2v) is 6.01. The maximum absolute atomic E-state index is 12.0. The summed E-state index contributed by atoms with van der Waals surface area (Å²) in [7, 11) is 0. The Hall–Kier alpha value is -1.69. The molecule has 1 aromatic rings. The number of carbonyl (C=O) groups is 1. The molecule has 6 nitrogen and oxygen atoms in total. The molecular weight excluding hydrogens is 256 g/mol. The molecule has 0 bridgehead atoms. The maximum atomic E-state index is 12.0. The first-order valence-corrected chi connectivity index (χ1v) is 6.89. The van der Waals surface area contributed by atoms with Crippen LogP contribution in [0.15, 0.2) is 12.3 Å². The fraction of sp³-hybridized carbons (Fsp3) is 0.643. The minimum Gasteiger partial charge on any atom is -0.444 e. The van der Waals surface area contributed by atoms with Crippen LogP contribution in [0, 0.1) is 0 Å². The van der Waals surface area contributed by atoms with Gasteiger partial charge in [-0.2, -0.15) is 0 Å². The molecule has 1 atom stereocenters. The van der Waals surface area contributed by atoms with Gasteiger partial charge in [-0.05, 0) is 33.3 Å². The van der Waals surface area contributed by atoms with E-state index >= 15 is 0 Å². The molecule has 0 aliphatic carbocycles. The highest BCUT2D eigenvalue weighted by Gasteiger charge is 2.31. The van der Waals surface area contributed by atoms with Crippen LogP contribution in [0.1, 0.15) is 44.6 Å². The van der Waals surface area contributed by atoms with E-state index < -0.39 is 5.60 Å². The Balaban J connectivity index is 1.99. The van der Waals surface area contributed by atoms with Crippen LogP contribution >= 0.6 is 0 Å². The van der Waals surface area contributed by atoms with E-state index in [-0.39, 0.29) is 12.0 Å². The van der Waals surface area contributed by atoms with E-state index in [1.54, 1.807) is 11.1 Å². The van der Waals surface area contributed by atoms with E-state index in [1.807, 2.05) is 26.8 Å². The van der Waals surface area contributed by atoms with Gasteiger partial charge in [0.2, 0.25) is 0 Å². The number of ether oxygens (including phenoxy) is 1. The lowest BCUT2D eigenvalue weighted by molar-refractivity contribution is 0.0292. The molecule has 20 heavy (non-hydrogen) atoms. The zero-order valence-electron chi connectivity index (χ0n) is 12.3. The van der Waals surface area contributed by atoms with Gasteiger partial charge in [0.15, 0.2) is 0 Å². The van der Waals surface area contributed by atoms with E-state index in [0.29, 0.717) is 25.5 Å². The van der Waals surface area contributed by atoms with Gasteiger partial charge >= 0.3 is 6.09 Å². The van der Waals surface area contributed by atoms with Crippen LogP contribution < -0.4 is 5.73 Å². The van der Waals surface area contributed by atoms with Gasteiger partial charge in [-0.1, -0.05) is 0 Å². The van der Waals surface area contributed by atoms with Crippen LogP contribution in [-0.4, -0.2) is 39.7 Å². The van der Waals surface area contributed by atoms with Gasteiger partial charge in [-0.25, -0.2) is 14.8 Å². The molecule has 2 heterocycles. The Morgan fingerprint density at radius 1 is 1.55 bits per heavy atom. The fourth-order valence-corrected chi connectivity index (χ4v) is 2.23. The Labute approximate surface area is 119 Å². The summed E-state index contributed by atoms with van der Waals surface area (Å²) in [5.74, 6) is 0.869. The summed E-state index contributed by atoms with van der Waals surface area (Å²) < 4.78 is 5.38. The third-order valence-corrected chi connectivity index (χ3v) is 3.17. The molecule has 1 aliphatic heterocycles. The summed E-state index contributed by atoms with van der Waals surface area (Å²) in [5, 5.41) is 0. The number of aromatic nitrogens is 2. The summed E-state index contributed by atoms with van der Waals surface area (Å²) in [6, 6.07) is 1.89. The lowest BCUT2D eigenvalue weighted by Crippen LogP contribution is -2.35. The standard InChI is InChI=1S/C14H22N4O2/c1-14(2,3)20-13(19)18-7-5-10(9-18)11-4-6-16-12(8-15)17-11/h4,6,10H,5,7-9,15H2,1-3H3. The van der Waals surface area contributed by atoms with Crippen molar-refractivity contribution in [1.82, 2.24) is 14.9 Å². The van der Waals surface area contributed by atoms with Crippen molar-refractivity contribution in [3.63, 3.8) is 0 Å². The van der Waals surface area contributed by atoms with Crippen molar-refractivity contribution in [2.45, 2.75) is 45.3 Å². The predicted octanol–water partition coefficient (Wildman–Crippen LogP) is 1.66.